The van der Waals surface area contributed by atoms with Gasteiger partial charge in [-0.15, -0.1) is 0 Å². The van der Waals surface area contributed by atoms with Crippen molar-refractivity contribution in [3.05, 3.63) is 28.9 Å². The molecule has 1 aromatic carbocycles. The van der Waals surface area contributed by atoms with Gasteiger partial charge in [0.2, 0.25) is 11.8 Å². The Hall–Kier alpha value is -2.80. The van der Waals surface area contributed by atoms with Crippen molar-refractivity contribution in [1.29, 1.82) is 5.26 Å². The summed E-state index contributed by atoms with van der Waals surface area (Å²) < 4.78 is 5.38. The van der Waals surface area contributed by atoms with E-state index in [9.17, 15) is 20.0 Å². The molecule has 1 saturated heterocycles. The zero-order valence-electron chi connectivity index (χ0n) is 19.9. The summed E-state index contributed by atoms with van der Waals surface area (Å²) in [7, 11) is 1.52. The molecule has 1 aliphatic rings. The molecule has 1 fully saturated rings. The predicted molar refractivity (Wildman–Crippen MR) is 129 cm³/mol. The van der Waals surface area contributed by atoms with Crippen LogP contribution in [0.5, 0.6) is 5.75 Å². The average Bonchev–Trinajstić information content (AvgIpc) is 3.37. The molecule has 1 aromatic heterocycles. The highest BCUT2D eigenvalue weighted by Crippen LogP contribution is 2.34. The topological polar surface area (TPSA) is 139 Å². The zero-order valence-corrected chi connectivity index (χ0v) is 20.6. The van der Waals surface area contributed by atoms with E-state index in [-0.39, 0.29) is 23.7 Å². The number of H-pyrrole nitrogens is 1. The van der Waals surface area contributed by atoms with Crippen LogP contribution in [0.25, 0.3) is 10.9 Å². The van der Waals surface area contributed by atoms with Gasteiger partial charge in [-0.3, -0.25) is 14.9 Å². The molecule has 2 aromatic rings. The number of carbonyl (C=O) groups is 2. The Balaban J connectivity index is 1.76. The minimum Gasteiger partial charge on any atom is -0.494 e. The predicted octanol–water partition coefficient (Wildman–Crippen LogP) is 2.75. The number of ether oxygens (including phenoxy) is 1. The van der Waals surface area contributed by atoms with Gasteiger partial charge in [-0.05, 0) is 42.9 Å². The van der Waals surface area contributed by atoms with E-state index in [0.29, 0.717) is 41.2 Å². The monoisotopic (exact) mass is 489 g/mol. The maximum Gasteiger partial charge on any atom is 0.238 e. The first-order valence-electron chi connectivity index (χ1n) is 11.3. The number of nitrogens with one attached hydrogen (secondary N) is 4. The molecule has 4 atom stereocenters. The number of benzene rings is 1. The third-order valence-corrected chi connectivity index (χ3v) is 6.17. The number of carbonyl (C=O) groups excluding carboxylic acids is 2. The maximum absolute atomic E-state index is 13.1. The molecule has 5 N–H and O–H groups in total. The number of amides is 2. The van der Waals surface area contributed by atoms with Crippen LogP contribution in [0.3, 0.4) is 0 Å². The summed E-state index contributed by atoms with van der Waals surface area (Å²) in [4.78, 5) is 28.2. The third kappa shape index (κ3) is 6.20. The van der Waals surface area contributed by atoms with Crippen LogP contribution in [0, 0.1) is 22.7 Å². The van der Waals surface area contributed by atoms with Gasteiger partial charge in [0.15, 0.2) is 0 Å². The molecule has 9 nitrogen and oxygen atoms in total. The fourth-order valence-corrected chi connectivity index (χ4v) is 4.46. The lowest BCUT2D eigenvalue weighted by Crippen LogP contribution is -2.50. The van der Waals surface area contributed by atoms with Crippen LogP contribution < -0.4 is 20.7 Å². The molecule has 1 unspecified atom stereocenters. The van der Waals surface area contributed by atoms with Gasteiger partial charge in [-0.25, -0.2) is 0 Å². The van der Waals surface area contributed by atoms with Crippen molar-refractivity contribution in [3.8, 4) is 11.8 Å². The van der Waals surface area contributed by atoms with E-state index in [1.165, 1.54) is 7.11 Å². The van der Waals surface area contributed by atoms with Crippen LogP contribution in [0.15, 0.2) is 18.2 Å². The number of nitrogens with zero attached hydrogens (tertiary/aromatic N) is 1. The summed E-state index contributed by atoms with van der Waals surface area (Å²) in [5.74, 6) is -0.303. The second-order valence-corrected chi connectivity index (χ2v) is 10.3. The number of halogens is 1. The van der Waals surface area contributed by atoms with Crippen molar-refractivity contribution in [2.45, 2.75) is 58.3 Å². The van der Waals surface area contributed by atoms with Crippen molar-refractivity contribution < 1.29 is 19.4 Å². The van der Waals surface area contributed by atoms with Gasteiger partial charge in [0.05, 0.1) is 29.9 Å². The van der Waals surface area contributed by atoms with Crippen LogP contribution in [-0.2, 0) is 9.59 Å². The number of aromatic nitrogens is 1. The number of methoxy groups -OCH3 is 1. The van der Waals surface area contributed by atoms with E-state index in [4.69, 9.17) is 16.3 Å². The van der Waals surface area contributed by atoms with Crippen LogP contribution in [-0.4, -0.2) is 47.6 Å². The molecule has 2 heterocycles. The molecule has 3 rings (SSSR count). The fraction of sp³-hybridized carbons (Fsp3) is 0.542. The summed E-state index contributed by atoms with van der Waals surface area (Å²) in [5.41, 5.74) is 0.939. The third-order valence-electron chi connectivity index (χ3n) is 5.87. The Labute approximate surface area is 204 Å². The Morgan fingerprint density at radius 2 is 2.15 bits per heavy atom. The second kappa shape index (κ2) is 10.6. The van der Waals surface area contributed by atoms with Crippen LogP contribution in [0.4, 0.5) is 0 Å². The molecule has 0 saturated carbocycles. The summed E-state index contributed by atoms with van der Waals surface area (Å²) >= 11 is 6.20. The number of aliphatic hydroxyl groups excluding tert-OH is 1. The van der Waals surface area contributed by atoms with E-state index in [2.05, 4.69) is 27.0 Å². The van der Waals surface area contributed by atoms with Gasteiger partial charge < -0.3 is 25.5 Å². The lowest BCUT2D eigenvalue weighted by atomic mass is 9.87. The van der Waals surface area contributed by atoms with Gasteiger partial charge in [-0.1, -0.05) is 32.4 Å². The normalized spacial score (nSPS) is 18.7. The molecule has 0 bridgehead atoms. The first kappa shape index (κ1) is 25.8. The molecule has 0 spiro atoms. The van der Waals surface area contributed by atoms with Crippen molar-refractivity contribution in [2.24, 2.45) is 11.3 Å². The quantitative estimate of drug-likeness (QED) is 0.343. The van der Waals surface area contributed by atoms with E-state index in [1.807, 2.05) is 20.8 Å². The minimum absolute atomic E-state index is 0.0939. The molecule has 34 heavy (non-hydrogen) atoms. The van der Waals surface area contributed by atoms with E-state index in [0.717, 1.165) is 5.52 Å². The molecular formula is C24H32ClN5O4. The number of rotatable bonds is 9. The number of hydrogen-bond donors (Lipinski definition) is 5. The molecule has 0 radical (unpaired) electrons. The Kier molecular flexibility index (Phi) is 8.08. The molecule has 10 heteroatoms. The van der Waals surface area contributed by atoms with Gasteiger partial charge in [0.1, 0.15) is 18.0 Å². The van der Waals surface area contributed by atoms with Gasteiger partial charge in [0, 0.05) is 23.4 Å². The van der Waals surface area contributed by atoms with Crippen molar-refractivity contribution in [3.63, 3.8) is 0 Å². The lowest BCUT2D eigenvalue weighted by molar-refractivity contribution is -0.126. The Morgan fingerprint density at radius 3 is 2.74 bits per heavy atom. The highest BCUT2D eigenvalue weighted by molar-refractivity contribution is 6.33. The molecular weight excluding hydrogens is 458 g/mol. The number of nitriles is 1. The van der Waals surface area contributed by atoms with Crippen molar-refractivity contribution >= 4 is 34.3 Å². The number of aromatic amines is 1. The van der Waals surface area contributed by atoms with Crippen molar-refractivity contribution in [1.82, 2.24) is 20.9 Å². The highest BCUT2D eigenvalue weighted by atomic mass is 35.5. The molecule has 0 aliphatic carbocycles. The first-order valence-corrected chi connectivity index (χ1v) is 11.7. The smallest absolute Gasteiger partial charge is 0.238 e. The zero-order chi connectivity index (χ0) is 25.0. The van der Waals surface area contributed by atoms with Crippen molar-refractivity contribution in [2.75, 3.05) is 13.7 Å². The molecule has 184 valence electrons. The fourth-order valence-electron chi connectivity index (χ4n) is 4.22. The largest absolute Gasteiger partial charge is 0.494 e. The standard InChI is InChI=1S/C24H32ClN5O4/c1-24(2,3)11-19(23(33)28-14(12-26)9-13-7-8-27-21(13)31)30-22(32)18-10-15-17(29-18)6-5-16(25)20(15)34-4/h5-6,10,13-14,19,22,29-30,32H,7-9,11H2,1-4H3,(H,27,31)(H,28,33)/t13-,14-,19-,22?/m0/s1. The Bertz CT molecular complexity index is 1090. The summed E-state index contributed by atoms with van der Waals surface area (Å²) in [6.07, 6.45) is 0.118. The highest BCUT2D eigenvalue weighted by Gasteiger charge is 2.32. The summed E-state index contributed by atoms with van der Waals surface area (Å²) in [6, 6.07) is 5.71. The summed E-state index contributed by atoms with van der Waals surface area (Å²) in [6.45, 7) is 6.54. The van der Waals surface area contributed by atoms with Crippen LogP contribution in [0.2, 0.25) is 5.02 Å². The summed E-state index contributed by atoms with van der Waals surface area (Å²) in [5, 5.41) is 30.1. The SMILES string of the molecule is COc1c(Cl)ccc2[nH]c(C(O)N[C@@H](CC(C)(C)C)C(=O)N[C@H](C#N)C[C@@H]3CCNC3=O)cc12. The van der Waals surface area contributed by atoms with Gasteiger partial charge in [0.25, 0.3) is 0 Å². The van der Waals surface area contributed by atoms with Crippen LogP contribution >= 0.6 is 11.6 Å². The number of hydrogen-bond acceptors (Lipinski definition) is 6. The first-order chi connectivity index (χ1) is 16.0. The lowest BCUT2D eigenvalue weighted by Gasteiger charge is -2.29. The van der Waals surface area contributed by atoms with Crippen LogP contribution in [0.1, 0.15) is 52.0 Å². The number of aliphatic hydroxyl groups is 1. The van der Waals surface area contributed by atoms with Gasteiger partial charge in [-0.2, -0.15) is 5.26 Å². The van der Waals surface area contributed by atoms with E-state index >= 15 is 0 Å². The Morgan fingerprint density at radius 1 is 1.41 bits per heavy atom. The maximum atomic E-state index is 13.1. The minimum atomic E-state index is -1.19. The average molecular weight is 490 g/mol. The molecule has 1 aliphatic heterocycles. The van der Waals surface area contributed by atoms with E-state index in [1.54, 1.807) is 18.2 Å². The molecule has 2 amide bonds. The van der Waals surface area contributed by atoms with Gasteiger partial charge >= 0.3 is 0 Å². The van der Waals surface area contributed by atoms with E-state index < -0.39 is 24.2 Å². The second-order valence-electron chi connectivity index (χ2n) is 9.86. The number of fused-ring (bicyclic) bond motifs is 1.